The number of hydrogen-bond acceptors (Lipinski definition) is 1. The van der Waals surface area contributed by atoms with Crippen molar-refractivity contribution in [1.82, 2.24) is 0 Å². The van der Waals surface area contributed by atoms with E-state index >= 15 is 0 Å². The van der Waals surface area contributed by atoms with Crippen LogP contribution in [0.25, 0.3) is 0 Å². The highest BCUT2D eigenvalue weighted by atomic mass is 35.5. The SMILES string of the molecule is CCC(Cl)(Cl)C(Cl)(Cl)CO. The van der Waals surface area contributed by atoms with E-state index in [-0.39, 0.29) is 0 Å². The number of halogens is 4. The Morgan fingerprint density at radius 3 is 1.60 bits per heavy atom. The molecule has 0 spiro atoms. The van der Waals surface area contributed by atoms with Gasteiger partial charge in [-0.2, -0.15) is 0 Å². The Hall–Kier alpha value is 1.12. The molecule has 0 amide bonds. The summed E-state index contributed by atoms with van der Waals surface area (Å²) in [4.78, 5) is 0. The maximum Gasteiger partial charge on any atom is 0.173 e. The second-order valence-electron chi connectivity index (χ2n) is 1.92. The maximum absolute atomic E-state index is 8.63. The molecule has 0 heterocycles. The van der Waals surface area contributed by atoms with E-state index in [2.05, 4.69) is 0 Å². The molecule has 0 aromatic carbocycles. The highest BCUT2D eigenvalue weighted by Crippen LogP contribution is 2.44. The lowest BCUT2D eigenvalue weighted by Crippen LogP contribution is -2.38. The van der Waals surface area contributed by atoms with Gasteiger partial charge in [0.2, 0.25) is 0 Å². The van der Waals surface area contributed by atoms with Gasteiger partial charge in [-0.05, 0) is 6.42 Å². The highest BCUT2D eigenvalue weighted by Gasteiger charge is 2.45. The van der Waals surface area contributed by atoms with Crippen molar-refractivity contribution in [3.05, 3.63) is 0 Å². The van der Waals surface area contributed by atoms with E-state index in [1.165, 1.54) is 0 Å². The summed E-state index contributed by atoms with van der Waals surface area (Å²) in [6, 6.07) is 0. The summed E-state index contributed by atoms with van der Waals surface area (Å²) in [7, 11) is 0. The summed E-state index contributed by atoms with van der Waals surface area (Å²) in [6.45, 7) is 1.27. The first-order valence-electron chi connectivity index (χ1n) is 2.74. The molecule has 0 bridgehead atoms. The van der Waals surface area contributed by atoms with Crippen LogP contribution < -0.4 is 0 Å². The van der Waals surface area contributed by atoms with Crippen molar-refractivity contribution in [2.45, 2.75) is 22.0 Å². The van der Waals surface area contributed by atoms with Gasteiger partial charge in [0.1, 0.15) is 0 Å². The van der Waals surface area contributed by atoms with Crippen LogP contribution in [0.3, 0.4) is 0 Å². The normalized spacial score (nSPS) is 13.8. The van der Waals surface area contributed by atoms with Gasteiger partial charge in [0.25, 0.3) is 0 Å². The van der Waals surface area contributed by atoms with E-state index < -0.39 is 15.3 Å². The molecule has 1 N–H and O–H groups in total. The van der Waals surface area contributed by atoms with Gasteiger partial charge in [0, 0.05) is 0 Å². The monoisotopic (exact) mass is 224 g/mol. The van der Waals surface area contributed by atoms with Crippen molar-refractivity contribution in [3.8, 4) is 0 Å². The van der Waals surface area contributed by atoms with Crippen LogP contribution in [0.2, 0.25) is 0 Å². The maximum atomic E-state index is 8.63. The summed E-state index contributed by atoms with van der Waals surface area (Å²) in [5.41, 5.74) is 0. The van der Waals surface area contributed by atoms with Crippen LogP contribution in [0.1, 0.15) is 13.3 Å². The molecule has 0 unspecified atom stereocenters. The Balaban J connectivity index is 4.28. The summed E-state index contributed by atoms with van der Waals surface area (Å²) in [5, 5.41) is 8.63. The summed E-state index contributed by atoms with van der Waals surface area (Å²) < 4.78 is -2.77. The largest absolute Gasteiger partial charge is 0.393 e. The molecule has 0 aliphatic rings. The second-order valence-corrected chi connectivity index (χ2v) is 4.89. The third-order valence-corrected chi connectivity index (χ3v) is 3.63. The molecule has 0 fully saturated rings. The van der Waals surface area contributed by atoms with Crippen LogP contribution in [0.15, 0.2) is 0 Å². The average molecular weight is 226 g/mol. The van der Waals surface area contributed by atoms with Gasteiger partial charge in [-0.15, -0.1) is 0 Å². The van der Waals surface area contributed by atoms with E-state index in [4.69, 9.17) is 51.5 Å². The van der Waals surface area contributed by atoms with E-state index in [9.17, 15) is 0 Å². The van der Waals surface area contributed by atoms with Gasteiger partial charge in [0.05, 0.1) is 6.61 Å². The Kier molecular flexibility index (Phi) is 4.09. The molecular weight excluding hydrogens is 218 g/mol. The van der Waals surface area contributed by atoms with Crippen molar-refractivity contribution in [2.75, 3.05) is 6.61 Å². The van der Waals surface area contributed by atoms with Crippen molar-refractivity contribution >= 4 is 46.4 Å². The van der Waals surface area contributed by atoms with Gasteiger partial charge < -0.3 is 5.11 Å². The molecule has 62 valence electrons. The zero-order valence-electron chi connectivity index (χ0n) is 5.37. The Morgan fingerprint density at radius 2 is 1.50 bits per heavy atom. The van der Waals surface area contributed by atoms with Crippen LogP contribution in [0, 0.1) is 0 Å². The van der Waals surface area contributed by atoms with Gasteiger partial charge >= 0.3 is 0 Å². The number of alkyl halides is 4. The highest BCUT2D eigenvalue weighted by molar-refractivity contribution is 6.62. The first kappa shape index (κ1) is 11.1. The number of aliphatic hydroxyl groups is 1. The second kappa shape index (κ2) is 3.68. The fourth-order valence-electron chi connectivity index (χ4n) is 0.374. The number of hydrogen-bond donors (Lipinski definition) is 1. The molecule has 0 rings (SSSR count). The standard InChI is InChI=1S/C5H8Cl4O/c1-2-4(6,7)5(8,9)3-10/h10H,2-3H2,1H3. The van der Waals surface area contributed by atoms with Crippen molar-refractivity contribution in [1.29, 1.82) is 0 Å². The molecular formula is C5H8Cl4O. The molecule has 1 nitrogen and oxygen atoms in total. The van der Waals surface area contributed by atoms with Crippen molar-refractivity contribution in [3.63, 3.8) is 0 Å². The molecule has 10 heavy (non-hydrogen) atoms. The first-order valence-corrected chi connectivity index (χ1v) is 4.25. The van der Waals surface area contributed by atoms with Crippen LogP contribution in [0.5, 0.6) is 0 Å². The first-order chi connectivity index (χ1) is 4.37. The third-order valence-electron chi connectivity index (χ3n) is 1.18. The topological polar surface area (TPSA) is 20.2 Å². The minimum Gasteiger partial charge on any atom is -0.393 e. The molecule has 0 aliphatic heterocycles. The zero-order valence-corrected chi connectivity index (χ0v) is 8.40. The van der Waals surface area contributed by atoms with Crippen LogP contribution in [-0.2, 0) is 0 Å². The Morgan fingerprint density at radius 1 is 1.10 bits per heavy atom. The summed E-state index contributed by atoms with van der Waals surface area (Å²) in [6.07, 6.45) is 0.379. The van der Waals surface area contributed by atoms with Gasteiger partial charge in [-0.3, -0.25) is 0 Å². The minimum absolute atomic E-state index is 0.379. The fourth-order valence-corrected chi connectivity index (χ4v) is 0.761. The van der Waals surface area contributed by atoms with Crippen molar-refractivity contribution in [2.24, 2.45) is 0 Å². The molecule has 0 aliphatic carbocycles. The van der Waals surface area contributed by atoms with Crippen LogP contribution >= 0.6 is 46.4 Å². The smallest absolute Gasteiger partial charge is 0.173 e. The van der Waals surface area contributed by atoms with Gasteiger partial charge in [0.15, 0.2) is 8.67 Å². The summed E-state index contributed by atoms with van der Waals surface area (Å²) >= 11 is 22.4. The molecule has 0 atom stereocenters. The lowest BCUT2D eigenvalue weighted by Gasteiger charge is -2.29. The molecule has 5 heteroatoms. The zero-order chi connectivity index (χ0) is 8.41. The molecule has 0 saturated heterocycles. The molecule has 0 aromatic heterocycles. The van der Waals surface area contributed by atoms with Gasteiger partial charge in [-0.1, -0.05) is 53.3 Å². The number of aliphatic hydroxyl groups excluding tert-OH is 1. The van der Waals surface area contributed by atoms with Crippen LogP contribution in [0.4, 0.5) is 0 Å². The predicted molar refractivity (Wildman–Crippen MR) is 46.3 cm³/mol. The Bertz CT molecular complexity index is 98.2. The van der Waals surface area contributed by atoms with Crippen LogP contribution in [-0.4, -0.2) is 20.4 Å². The number of rotatable bonds is 3. The van der Waals surface area contributed by atoms with Gasteiger partial charge in [-0.25, -0.2) is 0 Å². The third kappa shape index (κ3) is 2.31. The van der Waals surface area contributed by atoms with Crippen molar-refractivity contribution < 1.29 is 5.11 Å². The lowest BCUT2D eigenvalue weighted by atomic mass is 10.2. The predicted octanol–water partition coefficient (Wildman–Crippen LogP) is 2.74. The van der Waals surface area contributed by atoms with E-state index in [0.29, 0.717) is 6.42 Å². The molecule has 0 aromatic rings. The summed E-state index contributed by atoms with van der Waals surface area (Å²) in [5.74, 6) is 0. The quantitative estimate of drug-likeness (QED) is 0.733. The minimum atomic E-state index is -1.48. The van der Waals surface area contributed by atoms with E-state index in [1.54, 1.807) is 6.92 Å². The lowest BCUT2D eigenvalue weighted by molar-refractivity contribution is 0.268. The molecule has 0 radical (unpaired) electrons. The fraction of sp³-hybridized carbons (Fsp3) is 1.00. The van der Waals surface area contributed by atoms with E-state index in [0.717, 1.165) is 0 Å². The van der Waals surface area contributed by atoms with E-state index in [1.807, 2.05) is 0 Å². The average Bonchev–Trinajstić information content (AvgIpc) is 1.88. The molecule has 0 saturated carbocycles. The Labute approximate surface area is 80.2 Å².